The number of hydrogen-bond donors (Lipinski definition) is 2. The Kier molecular flexibility index (Phi) is 5.34. The molecule has 0 aliphatic carbocycles. The lowest BCUT2D eigenvalue weighted by Gasteiger charge is -2.26. The van der Waals surface area contributed by atoms with Crippen molar-refractivity contribution in [3.63, 3.8) is 0 Å². The van der Waals surface area contributed by atoms with Crippen LogP contribution in [0.2, 0.25) is 0 Å². The van der Waals surface area contributed by atoms with E-state index < -0.39 is 52.7 Å². The Morgan fingerprint density at radius 1 is 0.913 bits per heavy atom. The zero-order valence-electron chi connectivity index (χ0n) is 12.0. The van der Waals surface area contributed by atoms with Gasteiger partial charge >= 0.3 is 12.4 Å². The van der Waals surface area contributed by atoms with E-state index >= 15 is 0 Å². The molecular formula is C14H13F6NO2. The summed E-state index contributed by atoms with van der Waals surface area (Å²) in [6, 6.07) is 1.65. The second kappa shape index (κ2) is 6.37. The summed E-state index contributed by atoms with van der Waals surface area (Å²) < 4.78 is 78.0. The SMILES string of the molecule is CC(O)C(c1cc(C(F)(F)F)c(C#N)c(C(F)(F)F)c1)C(C)O. The van der Waals surface area contributed by atoms with Gasteiger partial charge in [0.15, 0.2) is 0 Å². The smallest absolute Gasteiger partial charge is 0.393 e. The van der Waals surface area contributed by atoms with Crippen molar-refractivity contribution >= 4 is 0 Å². The van der Waals surface area contributed by atoms with Crippen molar-refractivity contribution in [2.45, 2.75) is 44.3 Å². The Balaban J connectivity index is 3.80. The summed E-state index contributed by atoms with van der Waals surface area (Å²) in [5.41, 5.74) is -5.59. The molecule has 128 valence electrons. The second-order valence-corrected chi connectivity index (χ2v) is 5.11. The van der Waals surface area contributed by atoms with Crippen molar-refractivity contribution < 1.29 is 36.6 Å². The number of aliphatic hydroxyl groups is 2. The van der Waals surface area contributed by atoms with Gasteiger partial charge in [-0.3, -0.25) is 0 Å². The van der Waals surface area contributed by atoms with Crippen LogP contribution in [0.5, 0.6) is 0 Å². The maximum Gasteiger partial charge on any atom is 0.417 e. The minimum atomic E-state index is -5.19. The Morgan fingerprint density at radius 2 is 1.26 bits per heavy atom. The molecule has 0 aliphatic heterocycles. The molecule has 0 spiro atoms. The first-order chi connectivity index (χ1) is 10.3. The number of halogens is 6. The number of aliphatic hydroxyl groups excluding tert-OH is 2. The van der Waals surface area contributed by atoms with Crippen molar-refractivity contribution in [1.29, 1.82) is 5.26 Å². The Bertz CT molecular complexity index is 570. The van der Waals surface area contributed by atoms with Gasteiger partial charge in [-0.1, -0.05) is 0 Å². The molecule has 9 heteroatoms. The van der Waals surface area contributed by atoms with E-state index in [0.29, 0.717) is 12.1 Å². The van der Waals surface area contributed by atoms with E-state index in [4.69, 9.17) is 5.26 Å². The van der Waals surface area contributed by atoms with Gasteiger partial charge in [0.25, 0.3) is 0 Å². The summed E-state index contributed by atoms with van der Waals surface area (Å²) >= 11 is 0. The molecule has 0 saturated heterocycles. The van der Waals surface area contributed by atoms with Crippen LogP contribution in [-0.4, -0.2) is 22.4 Å². The number of nitrogens with zero attached hydrogens (tertiary/aromatic N) is 1. The molecule has 1 rings (SSSR count). The van der Waals surface area contributed by atoms with E-state index in [1.807, 2.05) is 0 Å². The van der Waals surface area contributed by atoms with Gasteiger partial charge in [0.1, 0.15) is 6.07 Å². The quantitative estimate of drug-likeness (QED) is 0.828. The fourth-order valence-electron chi connectivity index (χ4n) is 2.38. The molecule has 1 aromatic carbocycles. The van der Waals surface area contributed by atoms with Crippen molar-refractivity contribution in [2.75, 3.05) is 0 Å². The lowest BCUT2D eigenvalue weighted by Crippen LogP contribution is -2.27. The molecule has 0 amide bonds. The monoisotopic (exact) mass is 341 g/mol. The highest BCUT2D eigenvalue weighted by Crippen LogP contribution is 2.42. The predicted octanol–water partition coefficient (Wildman–Crippen LogP) is 3.44. The summed E-state index contributed by atoms with van der Waals surface area (Å²) in [5, 5.41) is 27.8. The molecule has 0 radical (unpaired) electrons. The van der Waals surface area contributed by atoms with Gasteiger partial charge in [-0.25, -0.2) is 0 Å². The normalized spacial score (nSPS) is 16.6. The van der Waals surface area contributed by atoms with Crippen LogP contribution in [0.25, 0.3) is 0 Å². The molecule has 2 N–H and O–H groups in total. The van der Waals surface area contributed by atoms with Crippen molar-refractivity contribution in [1.82, 2.24) is 0 Å². The van der Waals surface area contributed by atoms with Crippen LogP contribution < -0.4 is 0 Å². The average Bonchev–Trinajstić information content (AvgIpc) is 2.34. The maximum absolute atomic E-state index is 13.0. The van der Waals surface area contributed by atoms with E-state index in [0.717, 1.165) is 19.9 Å². The molecule has 0 aliphatic rings. The van der Waals surface area contributed by atoms with Crippen molar-refractivity contribution in [2.24, 2.45) is 0 Å². The zero-order chi connectivity index (χ0) is 18.2. The van der Waals surface area contributed by atoms with Gasteiger partial charge in [0, 0.05) is 5.92 Å². The maximum atomic E-state index is 13.0. The van der Waals surface area contributed by atoms with Crippen LogP contribution >= 0.6 is 0 Å². The first kappa shape index (κ1) is 19.3. The summed E-state index contributed by atoms with van der Waals surface area (Å²) in [6.07, 6.45) is -13.2. The van der Waals surface area contributed by atoms with Crippen molar-refractivity contribution in [3.8, 4) is 6.07 Å². The van der Waals surface area contributed by atoms with Gasteiger partial charge in [-0.15, -0.1) is 0 Å². The number of alkyl halides is 6. The van der Waals surface area contributed by atoms with Gasteiger partial charge in [-0.2, -0.15) is 31.6 Å². The summed E-state index contributed by atoms with van der Waals surface area (Å²) in [4.78, 5) is 0. The van der Waals surface area contributed by atoms with E-state index in [2.05, 4.69) is 0 Å². The number of nitriles is 1. The number of benzene rings is 1. The molecule has 0 fully saturated rings. The van der Waals surface area contributed by atoms with Crippen LogP contribution in [0.4, 0.5) is 26.3 Å². The molecule has 1 aromatic rings. The predicted molar refractivity (Wildman–Crippen MR) is 67.3 cm³/mol. The van der Waals surface area contributed by atoms with Gasteiger partial charge in [0.05, 0.1) is 28.9 Å². The molecule has 0 heterocycles. The first-order valence-corrected chi connectivity index (χ1v) is 6.39. The van der Waals surface area contributed by atoms with Crippen LogP contribution in [0.3, 0.4) is 0 Å². The largest absolute Gasteiger partial charge is 0.417 e. The molecule has 2 atom stereocenters. The van der Waals surface area contributed by atoms with Gasteiger partial charge in [-0.05, 0) is 31.5 Å². The Labute approximate surface area is 127 Å². The van der Waals surface area contributed by atoms with Crippen LogP contribution in [0, 0.1) is 11.3 Å². The van der Waals surface area contributed by atoms with E-state index in [-0.39, 0.29) is 0 Å². The highest BCUT2D eigenvalue weighted by Gasteiger charge is 2.42. The third-order valence-electron chi connectivity index (χ3n) is 3.31. The molecule has 0 bridgehead atoms. The van der Waals surface area contributed by atoms with E-state index in [1.54, 1.807) is 0 Å². The average molecular weight is 341 g/mol. The standard InChI is InChI=1S/C14H13F6NO2/c1-6(22)12(7(2)23)8-3-10(13(15,16)17)9(5-21)11(4-8)14(18,19)20/h3-4,6-7,12,22-23H,1-2H3. The number of rotatable bonds is 3. The third kappa shape index (κ3) is 4.14. The second-order valence-electron chi connectivity index (χ2n) is 5.11. The Morgan fingerprint density at radius 3 is 1.48 bits per heavy atom. The highest BCUT2D eigenvalue weighted by atomic mass is 19.4. The van der Waals surface area contributed by atoms with Crippen LogP contribution in [-0.2, 0) is 12.4 Å². The van der Waals surface area contributed by atoms with Gasteiger partial charge in [0.2, 0.25) is 0 Å². The first-order valence-electron chi connectivity index (χ1n) is 6.39. The minimum absolute atomic E-state index is 0.359. The fourth-order valence-corrected chi connectivity index (χ4v) is 2.38. The summed E-state index contributed by atoms with van der Waals surface area (Å²) in [7, 11) is 0. The van der Waals surface area contributed by atoms with E-state index in [1.165, 1.54) is 0 Å². The van der Waals surface area contributed by atoms with Crippen LogP contribution in [0.1, 0.15) is 42.0 Å². The van der Waals surface area contributed by atoms with Crippen molar-refractivity contribution in [3.05, 3.63) is 34.4 Å². The van der Waals surface area contributed by atoms with Crippen LogP contribution in [0.15, 0.2) is 12.1 Å². The third-order valence-corrected chi connectivity index (χ3v) is 3.31. The molecule has 2 unspecified atom stereocenters. The Hall–Kier alpha value is -1.79. The minimum Gasteiger partial charge on any atom is -0.393 e. The van der Waals surface area contributed by atoms with Gasteiger partial charge < -0.3 is 10.2 Å². The zero-order valence-corrected chi connectivity index (χ0v) is 12.0. The lowest BCUT2D eigenvalue weighted by atomic mass is 9.85. The molecule has 0 saturated carbocycles. The molecule has 3 nitrogen and oxygen atoms in total. The summed E-state index contributed by atoms with van der Waals surface area (Å²) in [5.74, 6) is -1.37. The lowest BCUT2D eigenvalue weighted by molar-refractivity contribution is -0.143. The molecular weight excluding hydrogens is 328 g/mol. The topological polar surface area (TPSA) is 64.2 Å². The highest BCUT2D eigenvalue weighted by molar-refractivity contribution is 5.50. The van der Waals surface area contributed by atoms with E-state index in [9.17, 15) is 36.6 Å². The number of hydrogen-bond acceptors (Lipinski definition) is 3. The molecule has 0 aromatic heterocycles. The molecule has 23 heavy (non-hydrogen) atoms. The summed E-state index contributed by atoms with van der Waals surface area (Å²) in [6.45, 7) is 2.27. The fraction of sp³-hybridized carbons (Fsp3) is 0.500.